The van der Waals surface area contributed by atoms with Gasteiger partial charge in [0.2, 0.25) is 0 Å². The zero-order valence-corrected chi connectivity index (χ0v) is 13.2. The number of rotatable bonds is 3. The molecule has 0 amide bonds. The highest BCUT2D eigenvalue weighted by atomic mass is 35.5. The molecule has 1 heterocycles. The van der Waals surface area contributed by atoms with E-state index in [0.29, 0.717) is 17.4 Å². The van der Waals surface area contributed by atoms with Crippen LogP contribution in [0.4, 0.5) is 19.0 Å². The monoisotopic (exact) mass is 352 g/mol. The van der Waals surface area contributed by atoms with Crippen LogP contribution in [0.2, 0.25) is 5.02 Å². The van der Waals surface area contributed by atoms with E-state index in [9.17, 15) is 13.2 Å². The Morgan fingerprint density at radius 1 is 1.27 bits per heavy atom. The van der Waals surface area contributed by atoms with E-state index in [4.69, 9.17) is 23.8 Å². The van der Waals surface area contributed by atoms with Crippen LogP contribution < -0.4 is 16.2 Å². The first-order chi connectivity index (χ1) is 10.4. The van der Waals surface area contributed by atoms with Crippen LogP contribution in [0.1, 0.15) is 37.7 Å². The second-order valence-corrected chi connectivity index (χ2v) is 5.93. The van der Waals surface area contributed by atoms with Gasteiger partial charge in [-0.2, -0.15) is 13.2 Å². The number of thiocarbonyl (C=S) groups is 1. The van der Waals surface area contributed by atoms with E-state index in [0.717, 1.165) is 18.9 Å². The van der Waals surface area contributed by atoms with Crippen molar-refractivity contribution < 1.29 is 13.2 Å². The number of anilines is 1. The van der Waals surface area contributed by atoms with E-state index in [1.807, 2.05) is 0 Å². The number of hydrazine groups is 1. The van der Waals surface area contributed by atoms with Crippen LogP contribution in [0.25, 0.3) is 0 Å². The van der Waals surface area contributed by atoms with Gasteiger partial charge in [-0.25, -0.2) is 4.98 Å². The lowest BCUT2D eigenvalue weighted by Gasteiger charge is -2.24. The second-order valence-electron chi connectivity index (χ2n) is 5.11. The molecule has 2 rings (SSSR count). The zero-order chi connectivity index (χ0) is 16.2. The second kappa shape index (κ2) is 7.32. The average molecular weight is 353 g/mol. The maximum Gasteiger partial charge on any atom is 0.417 e. The molecule has 9 heteroatoms. The molecular weight excluding hydrogens is 337 g/mol. The predicted molar refractivity (Wildman–Crippen MR) is 83.6 cm³/mol. The van der Waals surface area contributed by atoms with Crippen LogP contribution in [-0.2, 0) is 6.18 Å². The van der Waals surface area contributed by atoms with Crippen LogP contribution in [-0.4, -0.2) is 16.1 Å². The number of aromatic nitrogens is 1. The van der Waals surface area contributed by atoms with Crippen molar-refractivity contribution in [3.8, 4) is 0 Å². The number of hydrogen-bond acceptors (Lipinski definition) is 3. The van der Waals surface area contributed by atoms with Gasteiger partial charge in [0.05, 0.1) is 10.6 Å². The van der Waals surface area contributed by atoms with Gasteiger partial charge in [-0.3, -0.25) is 10.9 Å². The molecule has 0 saturated heterocycles. The minimum atomic E-state index is -4.47. The maximum absolute atomic E-state index is 12.5. The molecule has 3 N–H and O–H groups in total. The summed E-state index contributed by atoms with van der Waals surface area (Å²) in [7, 11) is 0. The van der Waals surface area contributed by atoms with Crippen molar-refractivity contribution in [1.29, 1.82) is 0 Å². The van der Waals surface area contributed by atoms with Gasteiger partial charge in [0.15, 0.2) is 10.9 Å². The van der Waals surface area contributed by atoms with Crippen molar-refractivity contribution >= 4 is 34.7 Å². The molecule has 1 fully saturated rings. The van der Waals surface area contributed by atoms with Gasteiger partial charge in [0.25, 0.3) is 0 Å². The summed E-state index contributed by atoms with van der Waals surface area (Å²) >= 11 is 10.9. The highest BCUT2D eigenvalue weighted by Gasteiger charge is 2.31. The van der Waals surface area contributed by atoms with E-state index in [1.165, 1.54) is 19.3 Å². The smallest absolute Gasteiger partial charge is 0.359 e. The fourth-order valence-electron chi connectivity index (χ4n) is 2.27. The third-order valence-corrected chi connectivity index (χ3v) is 3.91. The fraction of sp³-hybridized carbons (Fsp3) is 0.538. The normalized spacial score (nSPS) is 16.2. The van der Waals surface area contributed by atoms with Crippen LogP contribution >= 0.6 is 23.8 Å². The number of nitrogens with one attached hydrogen (secondary N) is 3. The van der Waals surface area contributed by atoms with Crippen LogP contribution in [0.15, 0.2) is 12.3 Å². The van der Waals surface area contributed by atoms with E-state index in [-0.39, 0.29) is 10.8 Å². The molecule has 4 nitrogen and oxygen atoms in total. The number of nitrogens with zero attached hydrogens (tertiary/aromatic N) is 1. The van der Waals surface area contributed by atoms with E-state index < -0.39 is 11.7 Å². The van der Waals surface area contributed by atoms with Gasteiger partial charge in [-0.05, 0) is 31.1 Å². The minimum Gasteiger partial charge on any atom is -0.359 e. The Morgan fingerprint density at radius 2 is 1.95 bits per heavy atom. The number of alkyl halides is 3. The van der Waals surface area contributed by atoms with Crippen molar-refractivity contribution in [2.24, 2.45) is 0 Å². The molecule has 0 radical (unpaired) electrons. The van der Waals surface area contributed by atoms with Gasteiger partial charge in [0.1, 0.15) is 0 Å². The third kappa shape index (κ3) is 4.88. The Hall–Kier alpha value is -1.28. The quantitative estimate of drug-likeness (QED) is 0.569. The van der Waals surface area contributed by atoms with Crippen molar-refractivity contribution in [2.45, 2.75) is 44.3 Å². The Morgan fingerprint density at radius 3 is 2.55 bits per heavy atom. The molecule has 1 aliphatic carbocycles. The molecule has 1 aromatic heterocycles. The lowest BCUT2D eigenvalue weighted by Crippen LogP contribution is -2.44. The summed E-state index contributed by atoms with van der Waals surface area (Å²) in [5.41, 5.74) is 4.41. The first-order valence-electron chi connectivity index (χ1n) is 6.91. The predicted octanol–water partition coefficient (Wildman–Crippen LogP) is 3.88. The van der Waals surface area contributed by atoms with Crippen LogP contribution in [0, 0.1) is 0 Å². The zero-order valence-electron chi connectivity index (χ0n) is 11.6. The Balaban J connectivity index is 1.87. The molecule has 0 atom stereocenters. The first kappa shape index (κ1) is 17.1. The highest BCUT2D eigenvalue weighted by molar-refractivity contribution is 7.80. The van der Waals surface area contributed by atoms with Crippen LogP contribution in [0.3, 0.4) is 0 Å². The van der Waals surface area contributed by atoms with Crippen molar-refractivity contribution in [2.75, 3.05) is 5.43 Å². The molecule has 122 valence electrons. The van der Waals surface area contributed by atoms with Crippen molar-refractivity contribution in [1.82, 2.24) is 15.7 Å². The summed E-state index contributed by atoms with van der Waals surface area (Å²) in [5.74, 6) is 0.0856. The van der Waals surface area contributed by atoms with Crippen LogP contribution in [0.5, 0.6) is 0 Å². The molecule has 0 unspecified atom stereocenters. The molecule has 1 aromatic rings. The molecule has 0 aliphatic heterocycles. The molecule has 0 spiro atoms. The molecule has 0 bridgehead atoms. The van der Waals surface area contributed by atoms with Crippen molar-refractivity contribution in [3.63, 3.8) is 0 Å². The lowest BCUT2D eigenvalue weighted by molar-refractivity contribution is -0.137. The van der Waals surface area contributed by atoms with E-state index in [1.54, 1.807) is 0 Å². The van der Waals surface area contributed by atoms with Gasteiger partial charge in [-0.15, -0.1) is 0 Å². The summed E-state index contributed by atoms with van der Waals surface area (Å²) in [6.07, 6.45) is 1.93. The maximum atomic E-state index is 12.5. The van der Waals surface area contributed by atoms with Gasteiger partial charge >= 0.3 is 6.18 Å². The summed E-state index contributed by atoms with van der Waals surface area (Å²) in [6.45, 7) is 0. The minimum absolute atomic E-state index is 0.0856. The molecule has 0 aromatic carbocycles. The summed E-state index contributed by atoms with van der Waals surface area (Å²) in [6, 6.07) is 1.14. The summed E-state index contributed by atoms with van der Waals surface area (Å²) in [4.78, 5) is 3.65. The van der Waals surface area contributed by atoms with Gasteiger partial charge in [0, 0.05) is 12.2 Å². The largest absolute Gasteiger partial charge is 0.417 e. The number of hydrogen-bond donors (Lipinski definition) is 3. The van der Waals surface area contributed by atoms with E-state index in [2.05, 4.69) is 21.2 Å². The third-order valence-electron chi connectivity index (χ3n) is 3.40. The SMILES string of the molecule is FC(F)(F)c1cnc(NNC(=S)NC2CCCCC2)c(Cl)c1. The van der Waals surface area contributed by atoms with Gasteiger partial charge in [-0.1, -0.05) is 30.9 Å². The number of pyridine rings is 1. The van der Waals surface area contributed by atoms with Gasteiger partial charge < -0.3 is 5.32 Å². The molecule has 22 heavy (non-hydrogen) atoms. The van der Waals surface area contributed by atoms with E-state index >= 15 is 0 Å². The Kier molecular flexibility index (Phi) is 5.69. The standard InChI is InChI=1S/C13H16ClF3N4S/c14-10-6-8(13(15,16)17)7-18-11(10)20-21-12(22)19-9-4-2-1-3-5-9/h6-7,9H,1-5H2,(H,18,20)(H2,19,21,22). The average Bonchev–Trinajstić information content (AvgIpc) is 2.46. The Labute approximate surface area is 136 Å². The lowest BCUT2D eigenvalue weighted by atomic mass is 9.96. The molecule has 1 saturated carbocycles. The molecule has 1 aliphatic rings. The topological polar surface area (TPSA) is 49.0 Å². The summed E-state index contributed by atoms with van der Waals surface area (Å²) < 4.78 is 37.5. The number of halogens is 4. The first-order valence-corrected chi connectivity index (χ1v) is 7.70. The fourth-order valence-corrected chi connectivity index (χ4v) is 2.70. The Bertz CT molecular complexity index is 533. The highest BCUT2D eigenvalue weighted by Crippen LogP contribution is 2.32. The molecular formula is C13H16ClF3N4S. The summed E-state index contributed by atoms with van der Waals surface area (Å²) in [5, 5.41) is 3.38. The van der Waals surface area contributed by atoms with Crippen molar-refractivity contribution in [3.05, 3.63) is 22.8 Å².